The number of benzene rings is 5. The lowest BCUT2D eigenvalue weighted by Crippen LogP contribution is -2.37. The van der Waals surface area contributed by atoms with Gasteiger partial charge in [0.25, 0.3) is 0 Å². The molecular weight excluding hydrogens is 348 g/mol. The largest absolute Gasteiger partial charge is 0.423 e. The van der Waals surface area contributed by atoms with Gasteiger partial charge in [0.1, 0.15) is 0 Å². The highest BCUT2D eigenvalue weighted by Gasteiger charge is 2.21. The Morgan fingerprint density at radius 2 is 1.15 bits per heavy atom. The van der Waals surface area contributed by atoms with Crippen LogP contribution in [0.15, 0.2) is 66.7 Å². The van der Waals surface area contributed by atoms with Crippen molar-refractivity contribution in [2.45, 2.75) is 13.8 Å². The smallest absolute Gasteiger partial charge is 0.390 e. The molecule has 133 valence electrons. The van der Waals surface area contributed by atoms with Crippen LogP contribution in [0.2, 0.25) is 0 Å². The highest BCUT2D eigenvalue weighted by atomic mass is 28.3. The number of hydrogen-bond acceptors (Lipinski definition) is 2. The lowest BCUT2D eigenvalue weighted by molar-refractivity contribution is 0.225. The molecule has 3 heteroatoms. The van der Waals surface area contributed by atoms with Crippen LogP contribution in [-0.4, -0.2) is 22.5 Å². The van der Waals surface area contributed by atoms with Gasteiger partial charge in [-0.3, -0.25) is 0 Å². The Hall–Kier alpha value is -2.46. The fourth-order valence-corrected chi connectivity index (χ4v) is 5.72. The molecule has 0 unspecified atom stereocenters. The summed E-state index contributed by atoms with van der Waals surface area (Å²) in [6.07, 6.45) is 0. The Morgan fingerprint density at radius 1 is 0.630 bits per heavy atom. The molecule has 0 bridgehead atoms. The van der Waals surface area contributed by atoms with Crippen LogP contribution in [0.3, 0.4) is 0 Å². The zero-order valence-corrected chi connectivity index (χ0v) is 16.6. The average Bonchev–Trinajstić information content (AvgIpc) is 2.71. The van der Waals surface area contributed by atoms with E-state index in [9.17, 15) is 0 Å². The highest BCUT2D eigenvalue weighted by Crippen LogP contribution is 2.39. The van der Waals surface area contributed by atoms with Crippen molar-refractivity contribution in [1.82, 2.24) is 0 Å². The second-order valence-electron chi connectivity index (χ2n) is 6.79. The van der Waals surface area contributed by atoms with Crippen LogP contribution in [0.4, 0.5) is 0 Å². The van der Waals surface area contributed by atoms with E-state index in [-0.39, 0.29) is 0 Å². The van der Waals surface area contributed by atoms with E-state index in [1.54, 1.807) is 0 Å². The molecular formula is C24H21O2Si. The average molecular weight is 370 g/mol. The quantitative estimate of drug-likeness (QED) is 0.231. The zero-order chi connectivity index (χ0) is 18.4. The van der Waals surface area contributed by atoms with Crippen molar-refractivity contribution in [2.24, 2.45) is 0 Å². The number of rotatable bonds is 5. The van der Waals surface area contributed by atoms with Crippen molar-refractivity contribution in [2.75, 3.05) is 13.2 Å². The van der Waals surface area contributed by atoms with Crippen LogP contribution in [-0.2, 0) is 8.85 Å². The number of hydrogen-bond donors (Lipinski definition) is 0. The van der Waals surface area contributed by atoms with Gasteiger partial charge >= 0.3 is 9.28 Å². The van der Waals surface area contributed by atoms with Crippen molar-refractivity contribution in [3.05, 3.63) is 66.7 Å². The van der Waals surface area contributed by atoms with E-state index in [2.05, 4.69) is 66.7 Å². The van der Waals surface area contributed by atoms with Gasteiger partial charge in [-0.05, 0) is 68.2 Å². The highest BCUT2D eigenvalue weighted by molar-refractivity contribution is 6.62. The fourth-order valence-electron chi connectivity index (χ4n) is 4.24. The van der Waals surface area contributed by atoms with Crippen LogP contribution >= 0.6 is 0 Å². The molecule has 0 aliphatic heterocycles. The molecule has 0 amide bonds. The first-order valence-corrected chi connectivity index (χ1v) is 10.9. The Bertz CT molecular complexity index is 1250. The van der Waals surface area contributed by atoms with Crippen LogP contribution in [0.1, 0.15) is 13.8 Å². The van der Waals surface area contributed by atoms with E-state index in [1.807, 2.05) is 13.8 Å². The summed E-state index contributed by atoms with van der Waals surface area (Å²) in [6, 6.07) is 24.4. The van der Waals surface area contributed by atoms with Gasteiger partial charge < -0.3 is 8.85 Å². The number of fused-ring (bicyclic) bond motifs is 2. The molecule has 1 radical (unpaired) electrons. The van der Waals surface area contributed by atoms with Crippen molar-refractivity contribution in [1.29, 1.82) is 0 Å². The van der Waals surface area contributed by atoms with Crippen LogP contribution < -0.4 is 5.19 Å². The maximum atomic E-state index is 5.99. The van der Waals surface area contributed by atoms with Crippen molar-refractivity contribution in [3.8, 4) is 0 Å². The summed E-state index contributed by atoms with van der Waals surface area (Å²) in [7, 11) is -1.48. The Labute approximate surface area is 160 Å². The molecule has 5 rings (SSSR count). The Balaban J connectivity index is 1.95. The zero-order valence-electron chi connectivity index (χ0n) is 15.6. The first-order chi connectivity index (χ1) is 13.3. The molecule has 27 heavy (non-hydrogen) atoms. The SMILES string of the molecule is CCO[Si](OCC)c1cc2cccc3c4cccc5cccc(c(c1)c23)c54. The summed E-state index contributed by atoms with van der Waals surface area (Å²) in [4.78, 5) is 0. The lowest BCUT2D eigenvalue weighted by atomic mass is 9.90. The molecule has 0 aliphatic carbocycles. The molecule has 0 N–H and O–H groups in total. The van der Waals surface area contributed by atoms with Crippen molar-refractivity contribution >= 4 is 57.6 Å². The van der Waals surface area contributed by atoms with E-state index in [0.717, 1.165) is 0 Å². The second-order valence-corrected chi connectivity index (χ2v) is 8.52. The maximum Gasteiger partial charge on any atom is 0.423 e. The summed E-state index contributed by atoms with van der Waals surface area (Å²) < 4.78 is 12.0. The molecule has 0 spiro atoms. The first kappa shape index (κ1) is 16.7. The van der Waals surface area contributed by atoms with Crippen LogP contribution in [0, 0.1) is 0 Å². The van der Waals surface area contributed by atoms with E-state index in [1.165, 1.54) is 48.3 Å². The predicted octanol–water partition coefficient (Wildman–Crippen LogP) is 5.51. The molecule has 0 aromatic heterocycles. The molecule has 0 fully saturated rings. The van der Waals surface area contributed by atoms with Crippen LogP contribution in [0.25, 0.3) is 43.1 Å². The fraction of sp³-hybridized carbons (Fsp3) is 0.167. The Kier molecular flexibility index (Phi) is 4.08. The van der Waals surface area contributed by atoms with Gasteiger partial charge in [-0.25, -0.2) is 0 Å². The molecule has 5 aromatic carbocycles. The third-order valence-electron chi connectivity index (χ3n) is 5.25. The van der Waals surface area contributed by atoms with E-state index in [4.69, 9.17) is 8.85 Å². The molecule has 0 aliphatic rings. The summed E-state index contributed by atoms with van der Waals surface area (Å²) in [5, 5.41) is 11.7. The molecule has 2 nitrogen and oxygen atoms in total. The van der Waals surface area contributed by atoms with Crippen molar-refractivity contribution in [3.63, 3.8) is 0 Å². The van der Waals surface area contributed by atoms with E-state index >= 15 is 0 Å². The normalized spacial score (nSPS) is 12.3. The lowest BCUT2D eigenvalue weighted by Gasteiger charge is -2.18. The van der Waals surface area contributed by atoms with E-state index in [0.29, 0.717) is 13.2 Å². The summed E-state index contributed by atoms with van der Waals surface area (Å²) in [5.74, 6) is 0. The minimum absolute atomic E-state index is 0.667. The topological polar surface area (TPSA) is 18.5 Å². The van der Waals surface area contributed by atoms with Gasteiger partial charge in [0.2, 0.25) is 0 Å². The van der Waals surface area contributed by atoms with Gasteiger partial charge in [0.15, 0.2) is 0 Å². The minimum Gasteiger partial charge on any atom is -0.390 e. The molecule has 0 heterocycles. The Morgan fingerprint density at radius 3 is 1.74 bits per heavy atom. The first-order valence-electron chi connectivity index (χ1n) is 9.54. The van der Waals surface area contributed by atoms with Gasteiger partial charge in [-0.15, -0.1) is 0 Å². The monoisotopic (exact) mass is 369 g/mol. The minimum atomic E-state index is -1.48. The summed E-state index contributed by atoms with van der Waals surface area (Å²) in [5.41, 5.74) is 0. The van der Waals surface area contributed by atoms with Crippen molar-refractivity contribution < 1.29 is 8.85 Å². The van der Waals surface area contributed by atoms with Gasteiger partial charge in [-0.2, -0.15) is 0 Å². The molecule has 0 saturated carbocycles. The standard InChI is InChI=1S/C24H21O2Si/c1-3-25-27(26-4-2)18-14-17-10-7-12-20-19-11-5-8-16-9-6-13-21(23(16)19)22(15-18)24(17)20/h5-15H,3-4H2,1-2H3. The molecule has 0 atom stereocenters. The maximum absolute atomic E-state index is 5.99. The van der Waals surface area contributed by atoms with Gasteiger partial charge in [-0.1, -0.05) is 60.7 Å². The third-order valence-corrected chi connectivity index (χ3v) is 7.11. The van der Waals surface area contributed by atoms with Gasteiger partial charge in [0, 0.05) is 13.2 Å². The van der Waals surface area contributed by atoms with E-state index < -0.39 is 9.28 Å². The third kappa shape index (κ3) is 2.54. The molecule has 5 aromatic rings. The van der Waals surface area contributed by atoms with Gasteiger partial charge in [0.05, 0.1) is 0 Å². The predicted molar refractivity (Wildman–Crippen MR) is 116 cm³/mol. The summed E-state index contributed by atoms with van der Waals surface area (Å²) >= 11 is 0. The summed E-state index contributed by atoms with van der Waals surface area (Å²) in [6.45, 7) is 5.40. The molecule has 0 saturated heterocycles. The van der Waals surface area contributed by atoms with Crippen LogP contribution in [0.5, 0.6) is 0 Å². The second kappa shape index (κ2) is 6.61.